The number of hydrogen-bond acceptors (Lipinski definition) is 3. The molecule has 2 atom stereocenters. The van der Waals surface area contributed by atoms with Crippen molar-refractivity contribution in [2.24, 2.45) is 17.1 Å². The van der Waals surface area contributed by atoms with Crippen molar-refractivity contribution in [2.45, 2.75) is 46.1 Å². The number of anilines is 1. The van der Waals surface area contributed by atoms with E-state index in [2.05, 4.69) is 25.2 Å². The lowest BCUT2D eigenvalue weighted by Crippen LogP contribution is -2.27. The maximum Gasteiger partial charge on any atom is 0.412 e. The van der Waals surface area contributed by atoms with Gasteiger partial charge in [0.25, 0.3) is 0 Å². The predicted molar refractivity (Wildman–Crippen MR) is 85.4 cm³/mol. The first-order valence-corrected chi connectivity index (χ1v) is 7.46. The van der Waals surface area contributed by atoms with E-state index in [0.29, 0.717) is 18.4 Å². The van der Waals surface area contributed by atoms with Crippen LogP contribution < -0.4 is 11.1 Å². The molecule has 1 aromatic rings. The van der Waals surface area contributed by atoms with Gasteiger partial charge in [-0.25, -0.2) is 4.79 Å². The fraction of sp³-hybridized carbons (Fsp3) is 0.588. The molecule has 21 heavy (non-hydrogen) atoms. The molecule has 4 heteroatoms. The molecule has 2 unspecified atom stereocenters. The molecule has 116 valence electrons. The first-order chi connectivity index (χ1) is 9.66. The van der Waals surface area contributed by atoms with Crippen molar-refractivity contribution in [3.63, 3.8) is 0 Å². The highest BCUT2D eigenvalue weighted by Gasteiger charge is 2.57. The normalized spacial score (nSPS) is 23.5. The zero-order valence-corrected chi connectivity index (χ0v) is 13.6. The van der Waals surface area contributed by atoms with Gasteiger partial charge in [0.2, 0.25) is 0 Å². The predicted octanol–water partition coefficient (Wildman–Crippen LogP) is 3.73. The molecule has 1 fully saturated rings. The van der Waals surface area contributed by atoms with Gasteiger partial charge in [-0.2, -0.15) is 0 Å². The Morgan fingerprint density at radius 1 is 1.33 bits per heavy atom. The number of carbonyl (C=O) groups excluding carboxylic acids is 1. The summed E-state index contributed by atoms with van der Waals surface area (Å²) in [6.45, 7) is 10.7. The highest BCUT2D eigenvalue weighted by molar-refractivity contribution is 5.86. The number of nitrogens with two attached hydrogens (primary N) is 1. The Morgan fingerprint density at radius 2 is 1.95 bits per heavy atom. The van der Waals surface area contributed by atoms with E-state index in [9.17, 15) is 4.79 Å². The largest absolute Gasteiger partial charge is 0.444 e. The topological polar surface area (TPSA) is 64.3 Å². The summed E-state index contributed by atoms with van der Waals surface area (Å²) >= 11 is 0. The number of carbonyl (C=O) groups is 1. The van der Waals surface area contributed by atoms with Gasteiger partial charge in [-0.3, -0.25) is 5.32 Å². The van der Waals surface area contributed by atoms with Crippen molar-refractivity contribution in [3.05, 3.63) is 29.8 Å². The molecule has 1 saturated carbocycles. The first kappa shape index (κ1) is 15.8. The van der Waals surface area contributed by atoms with Gasteiger partial charge < -0.3 is 10.5 Å². The van der Waals surface area contributed by atoms with E-state index in [4.69, 9.17) is 10.5 Å². The number of benzene rings is 1. The van der Waals surface area contributed by atoms with Crippen molar-refractivity contribution in [1.29, 1.82) is 0 Å². The minimum Gasteiger partial charge on any atom is -0.444 e. The number of amides is 1. The van der Waals surface area contributed by atoms with Crippen molar-refractivity contribution < 1.29 is 9.53 Å². The Morgan fingerprint density at radius 3 is 2.48 bits per heavy atom. The summed E-state index contributed by atoms with van der Waals surface area (Å²) in [6, 6.07) is 7.90. The third-order valence-electron chi connectivity index (χ3n) is 4.24. The molecule has 3 N–H and O–H groups in total. The van der Waals surface area contributed by atoms with E-state index < -0.39 is 11.7 Å². The third-order valence-corrected chi connectivity index (χ3v) is 4.24. The molecule has 0 aromatic heterocycles. The second kappa shape index (κ2) is 5.34. The number of nitrogens with one attached hydrogen (secondary N) is 1. The summed E-state index contributed by atoms with van der Waals surface area (Å²) < 4.78 is 5.33. The van der Waals surface area contributed by atoms with Crippen LogP contribution >= 0.6 is 0 Å². The minimum absolute atomic E-state index is 0.181. The standard InChI is InChI=1S/C17H26N2O2/c1-16(2,3)21-15(20)19-13-9-7-6-8-11(13)14-12(10-18)17(14,4)5/h6-9,12,14H,10,18H2,1-5H3,(H,19,20). The molecule has 0 saturated heterocycles. The summed E-state index contributed by atoms with van der Waals surface area (Å²) in [7, 11) is 0. The van der Waals surface area contributed by atoms with Crippen LogP contribution in [0.4, 0.5) is 10.5 Å². The van der Waals surface area contributed by atoms with E-state index >= 15 is 0 Å². The highest BCUT2D eigenvalue weighted by atomic mass is 16.6. The third kappa shape index (κ3) is 3.38. The zero-order chi connectivity index (χ0) is 15.8. The van der Waals surface area contributed by atoms with Gasteiger partial charge in [0.1, 0.15) is 5.60 Å². The van der Waals surface area contributed by atoms with Crippen molar-refractivity contribution in [2.75, 3.05) is 11.9 Å². The van der Waals surface area contributed by atoms with E-state index in [0.717, 1.165) is 11.3 Å². The second-order valence-corrected chi connectivity index (χ2v) is 7.36. The molecule has 0 heterocycles. The van der Waals surface area contributed by atoms with Crippen LogP contribution in [0.25, 0.3) is 0 Å². The Balaban J connectivity index is 2.17. The average molecular weight is 290 g/mol. The number of ether oxygens (including phenoxy) is 1. The molecule has 0 bridgehead atoms. The van der Waals surface area contributed by atoms with E-state index in [1.54, 1.807) is 0 Å². The fourth-order valence-corrected chi connectivity index (χ4v) is 3.10. The van der Waals surface area contributed by atoms with Crippen molar-refractivity contribution in [3.8, 4) is 0 Å². The van der Waals surface area contributed by atoms with Crippen LogP contribution in [0, 0.1) is 11.3 Å². The van der Waals surface area contributed by atoms with Gasteiger partial charge in [0.05, 0.1) is 0 Å². The summed E-state index contributed by atoms with van der Waals surface area (Å²) in [4.78, 5) is 12.0. The van der Waals surface area contributed by atoms with Gasteiger partial charge in [-0.05, 0) is 56.2 Å². The molecule has 1 aliphatic rings. The Kier molecular flexibility index (Phi) is 4.02. The number of hydrogen-bond donors (Lipinski definition) is 2. The second-order valence-electron chi connectivity index (χ2n) is 7.36. The van der Waals surface area contributed by atoms with Gasteiger partial charge in [0, 0.05) is 5.69 Å². The lowest BCUT2D eigenvalue weighted by molar-refractivity contribution is 0.0636. The summed E-state index contributed by atoms with van der Waals surface area (Å²) in [5, 5.41) is 2.87. The molecule has 0 aliphatic heterocycles. The van der Waals surface area contributed by atoms with Gasteiger partial charge in [-0.15, -0.1) is 0 Å². The SMILES string of the molecule is CC(C)(C)OC(=O)Nc1ccccc1C1C(CN)C1(C)C. The lowest BCUT2D eigenvalue weighted by Gasteiger charge is -2.20. The molecule has 1 aromatic carbocycles. The number of para-hydroxylation sites is 1. The zero-order valence-electron chi connectivity index (χ0n) is 13.6. The fourth-order valence-electron chi connectivity index (χ4n) is 3.10. The molecule has 1 aliphatic carbocycles. The molecular formula is C17H26N2O2. The van der Waals surface area contributed by atoms with E-state index in [1.165, 1.54) is 0 Å². The highest BCUT2D eigenvalue weighted by Crippen LogP contribution is 2.64. The molecule has 4 nitrogen and oxygen atoms in total. The van der Waals surface area contributed by atoms with Crippen LogP contribution in [0.1, 0.15) is 46.1 Å². The quantitative estimate of drug-likeness (QED) is 0.891. The van der Waals surface area contributed by atoms with Crippen LogP contribution in [0.5, 0.6) is 0 Å². The van der Waals surface area contributed by atoms with Crippen LogP contribution in [0.15, 0.2) is 24.3 Å². The van der Waals surface area contributed by atoms with E-state index in [1.807, 2.05) is 39.0 Å². The van der Waals surface area contributed by atoms with E-state index in [-0.39, 0.29) is 5.41 Å². The number of rotatable bonds is 3. The van der Waals surface area contributed by atoms with Crippen LogP contribution in [0.2, 0.25) is 0 Å². The maximum atomic E-state index is 12.0. The Hall–Kier alpha value is -1.55. The average Bonchev–Trinajstić information content (AvgIpc) is 2.89. The summed E-state index contributed by atoms with van der Waals surface area (Å²) in [5.74, 6) is 0.840. The first-order valence-electron chi connectivity index (χ1n) is 7.46. The molecule has 0 radical (unpaired) electrons. The van der Waals surface area contributed by atoms with Crippen molar-refractivity contribution >= 4 is 11.8 Å². The molecule has 2 rings (SSSR count). The molecule has 1 amide bonds. The minimum atomic E-state index is -0.502. The van der Waals surface area contributed by atoms with Crippen molar-refractivity contribution in [1.82, 2.24) is 0 Å². The van der Waals surface area contributed by atoms with Crippen LogP contribution in [-0.2, 0) is 4.74 Å². The Bertz CT molecular complexity index is 532. The van der Waals surface area contributed by atoms with Gasteiger partial charge in [0.15, 0.2) is 0 Å². The summed E-state index contributed by atoms with van der Waals surface area (Å²) in [6.07, 6.45) is -0.419. The Labute approximate surface area is 127 Å². The van der Waals surface area contributed by atoms with Crippen LogP contribution in [-0.4, -0.2) is 18.2 Å². The van der Waals surface area contributed by atoms with Crippen LogP contribution in [0.3, 0.4) is 0 Å². The van der Waals surface area contributed by atoms with Gasteiger partial charge in [-0.1, -0.05) is 32.0 Å². The maximum absolute atomic E-state index is 12.0. The smallest absolute Gasteiger partial charge is 0.412 e. The van der Waals surface area contributed by atoms with Gasteiger partial charge >= 0.3 is 6.09 Å². The lowest BCUT2D eigenvalue weighted by atomic mass is 10.0. The molecular weight excluding hydrogens is 264 g/mol. The molecule has 0 spiro atoms. The monoisotopic (exact) mass is 290 g/mol. The summed E-state index contributed by atoms with van der Waals surface area (Å²) in [5.41, 5.74) is 7.50.